The fourth-order valence-corrected chi connectivity index (χ4v) is 3.80. The predicted octanol–water partition coefficient (Wildman–Crippen LogP) is -4.60. The summed E-state index contributed by atoms with van der Waals surface area (Å²) >= 11 is 0. The fourth-order valence-electron chi connectivity index (χ4n) is 3.30. The van der Waals surface area contributed by atoms with E-state index in [-0.39, 0.29) is 126 Å². The topological polar surface area (TPSA) is 101 Å². The van der Waals surface area contributed by atoms with Crippen molar-refractivity contribution >= 4 is 21.8 Å². The van der Waals surface area contributed by atoms with E-state index in [1.807, 2.05) is 13.8 Å². The Morgan fingerprint density at radius 3 is 2.35 bits per heavy atom. The Labute approximate surface area is 241 Å². The van der Waals surface area contributed by atoms with Crippen LogP contribution in [0.2, 0.25) is 0 Å². The molecule has 0 fully saturated rings. The number of nitrogens with zero attached hydrogens (tertiary/aromatic N) is 1. The molecule has 2 rings (SSSR count). The third-order valence-corrected chi connectivity index (χ3v) is 5.88. The van der Waals surface area contributed by atoms with E-state index >= 15 is 0 Å². The van der Waals surface area contributed by atoms with Crippen molar-refractivity contribution in [1.82, 2.24) is 0 Å². The largest absolute Gasteiger partial charge is 1.00 e. The van der Waals surface area contributed by atoms with Crippen LogP contribution in [0.15, 0.2) is 23.1 Å². The molecule has 1 unspecified atom stereocenters. The van der Waals surface area contributed by atoms with Crippen LogP contribution in [0.25, 0.3) is 0 Å². The monoisotopic (exact) mass is 431 g/mol. The fraction of sp³-hybridized carbons (Fsp3) is 0.588. The van der Waals surface area contributed by atoms with Crippen LogP contribution in [-0.4, -0.2) is 31.5 Å². The zero-order valence-corrected chi connectivity index (χ0v) is 23.3. The molecule has 0 radical (unpaired) electrons. The normalized spacial score (nSPS) is 17.8. The zero-order chi connectivity index (χ0) is 18.1. The van der Waals surface area contributed by atoms with Crippen molar-refractivity contribution in [3.8, 4) is 0 Å². The van der Waals surface area contributed by atoms with Gasteiger partial charge in [0, 0.05) is 29.7 Å². The van der Waals surface area contributed by atoms with Gasteiger partial charge in [0.15, 0.2) is 0 Å². The molecule has 1 aliphatic rings. The number of unbranched alkanes of at least 4 members (excludes halogenated alkanes) is 2. The Hall–Kier alpha value is 1.67. The van der Waals surface area contributed by atoms with Crippen molar-refractivity contribution in [2.75, 3.05) is 11.4 Å². The SMILES string of the molecule is CC1N(CCCCCC(=O)[O-])c2ccc(S(=O)(=O)[O-])cc2C1(C)C.[K+].[K+]. The Morgan fingerprint density at radius 1 is 1.19 bits per heavy atom. The van der Waals surface area contributed by atoms with Gasteiger partial charge in [-0.15, -0.1) is 0 Å². The number of fused-ring (bicyclic) bond motifs is 1. The molecular formula is C17H23K2NO5S. The number of hydrogen-bond acceptors (Lipinski definition) is 6. The van der Waals surface area contributed by atoms with Gasteiger partial charge in [0.05, 0.1) is 4.90 Å². The molecule has 1 heterocycles. The van der Waals surface area contributed by atoms with Gasteiger partial charge in [-0.25, -0.2) is 8.42 Å². The van der Waals surface area contributed by atoms with Gasteiger partial charge in [-0.3, -0.25) is 0 Å². The molecule has 1 aromatic carbocycles. The first kappa shape index (κ1) is 27.7. The van der Waals surface area contributed by atoms with Gasteiger partial charge in [-0.2, -0.15) is 0 Å². The maximum Gasteiger partial charge on any atom is 1.00 e. The van der Waals surface area contributed by atoms with Crippen LogP contribution in [0.3, 0.4) is 0 Å². The minimum atomic E-state index is -4.47. The molecule has 1 aromatic rings. The molecule has 0 N–H and O–H groups in total. The molecule has 0 bridgehead atoms. The molecule has 0 saturated heterocycles. The van der Waals surface area contributed by atoms with Gasteiger partial charge in [0.25, 0.3) is 0 Å². The minimum absolute atomic E-state index is 0. The number of carboxylic acid groups (broad SMARTS) is 1. The van der Waals surface area contributed by atoms with Crippen molar-refractivity contribution in [3.63, 3.8) is 0 Å². The van der Waals surface area contributed by atoms with E-state index in [9.17, 15) is 22.9 Å². The summed E-state index contributed by atoms with van der Waals surface area (Å²) in [5, 5.41) is 10.4. The van der Waals surface area contributed by atoms with Crippen molar-refractivity contribution in [3.05, 3.63) is 23.8 Å². The molecule has 0 amide bonds. The number of carbonyl (C=O) groups excluding carboxylic acids is 1. The van der Waals surface area contributed by atoms with E-state index in [1.54, 1.807) is 6.07 Å². The van der Waals surface area contributed by atoms with E-state index in [0.717, 1.165) is 30.6 Å². The second-order valence-corrected chi connectivity index (χ2v) is 8.29. The first-order chi connectivity index (χ1) is 11.0. The summed E-state index contributed by atoms with van der Waals surface area (Å²) in [6, 6.07) is 4.70. The van der Waals surface area contributed by atoms with Crippen LogP contribution in [0.4, 0.5) is 5.69 Å². The molecular weight excluding hydrogens is 408 g/mol. The molecule has 9 heteroatoms. The summed E-state index contributed by atoms with van der Waals surface area (Å²) < 4.78 is 33.9. The molecule has 0 aromatic heterocycles. The number of benzene rings is 1. The van der Waals surface area contributed by atoms with Crippen molar-refractivity contribution < 1.29 is 126 Å². The van der Waals surface area contributed by atoms with Crippen LogP contribution >= 0.6 is 0 Å². The third-order valence-electron chi connectivity index (χ3n) is 5.05. The minimum Gasteiger partial charge on any atom is -0.744 e. The van der Waals surface area contributed by atoms with E-state index < -0.39 is 16.1 Å². The van der Waals surface area contributed by atoms with E-state index in [2.05, 4.69) is 11.8 Å². The molecule has 0 aliphatic carbocycles. The second-order valence-electron chi connectivity index (χ2n) is 6.91. The Kier molecular flexibility index (Phi) is 11.9. The quantitative estimate of drug-likeness (QED) is 0.245. The van der Waals surface area contributed by atoms with Crippen molar-refractivity contribution in [2.24, 2.45) is 0 Å². The number of aliphatic carboxylic acids is 1. The standard InChI is InChI=1S/C17H25NO5S.2K/c1-12-17(2,3)14-11-13(24(21,22)23)8-9-15(14)18(12)10-6-4-5-7-16(19)20;;/h8-9,11-12H,4-7,10H2,1-3H3,(H,19,20)(H,21,22,23);;/q;2*+1/p-2. The van der Waals surface area contributed by atoms with Crippen LogP contribution in [0.1, 0.15) is 52.0 Å². The number of carboxylic acids is 1. The maximum atomic E-state index is 11.3. The average Bonchev–Trinajstić information content (AvgIpc) is 2.66. The number of hydrogen-bond donors (Lipinski definition) is 0. The van der Waals surface area contributed by atoms with E-state index in [4.69, 9.17) is 0 Å². The Balaban J connectivity index is 0.00000312. The van der Waals surface area contributed by atoms with Gasteiger partial charge in [0.1, 0.15) is 10.1 Å². The predicted molar refractivity (Wildman–Crippen MR) is 87.7 cm³/mol. The Morgan fingerprint density at radius 2 is 1.81 bits per heavy atom. The summed E-state index contributed by atoms with van der Waals surface area (Å²) in [5.74, 6) is -1.03. The van der Waals surface area contributed by atoms with Crippen LogP contribution in [-0.2, 0) is 20.3 Å². The number of carbonyl (C=O) groups is 1. The molecule has 134 valence electrons. The van der Waals surface area contributed by atoms with Crippen LogP contribution in [0, 0.1) is 0 Å². The van der Waals surface area contributed by atoms with Gasteiger partial charge in [0.2, 0.25) is 0 Å². The van der Waals surface area contributed by atoms with Gasteiger partial charge in [-0.05, 0) is 49.9 Å². The van der Waals surface area contributed by atoms with Gasteiger partial charge < -0.3 is 19.4 Å². The first-order valence-electron chi connectivity index (χ1n) is 8.12. The maximum absolute atomic E-state index is 11.3. The zero-order valence-electron chi connectivity index (χ0n) is 16.2. The van der Waals surface area contributed by atoms with Crippen molar-refractivity contribution in [2.45, 2.75) is 62.8 Å². The van der Waals surface area contributed by atoms with E-state index in [1.165, 1.54) is 12.1 Å². The molecule has 1 aliphatic heterocycles. The second kappa shape index (κ2) is 11.2. The molecule has 0 spiro atoms. The summed E-state index contributed by atoms with van der Waals surface area (Å²) in [6.07, 6.45) is 2.30. The molecule has 26 heavy (non-hydrogen) atoms. The summed E-state index contributed by atoms with van der Waals surface area (Å²) in [7, 11) is -4.47. The average molecular weight is 432 g/mol. The van der Waals surface area contributed by atoms with E-state index in [0.29, 0.717) is 6.42 Å². The van der Waals surface area contributed by atoms with Crippen LogP contribution < -0.4 is 113 Å². The summed E-state index contributed by atoms with van der Waals surface area (Å²) in [5.41, 5.74) is 1.53. The first-order valence-corrected chi connectivity index (χ1v) is 9.53. The third kappa shape index (κ3) is 6.60. The van der Waals surface area contributed by atoms with Crippen molar-refractivity contribution in [1.29, 1.82) is 0 Å². The summed E-state index contributed by atoms with van der Waals surface area (Å²) in [4.78, 5) is 12.4. The number of anilines is 1. The molecule has 1 atom stereocenters. The molecule has 6 nitrogen and oxygen atoms in total. The number of rotatable bonds is 7. The Bertz CT molecular complexity index is 737. The molecule has 0 saturated carbocycles. The van der Waals surface area contributed by atoms with Gasteiger partial charge in [-0.1, -0.05) is 20.3 Å². The van der Waals surface area contributed by atoms with Gasteiger partial charge >= 0.3 is 103 Å². The van der Waals surface area contributed by atoms with Crippen LogP contribution in [0.5, 0.6) is 0 Å². The smallest absolute Gasteiger partial charge is 0.744 e. The summed E-state index contributed by atoms with van der Waals surface area (Å²) in [6.45, 7) is 6.91.